The molecule has 1 unspecified atom stereocenters. The van der Waals surface area contributed by atoms with E-state index in [0.29, 0.717) is 19.5 Å². The molecule has 6 nitrogen and oxygen atoms in total. The number of carbonyl (C=O) groups is 1. The van der Waals surface area contributed by atoms with Crippen LogP contribution in [-0.4, -0.2) is 64.0 Å². The van der Waals surface area contributed by atoms with E-state index in [1.54, 1.807) is 0 Å². The first-order chi connectivity index (χ1) is 8.92. The van der Waals surface area contributed by atoms with Crippen LogP contribution in [0.25, 0.3) is 0 Å². The molecule has 1 saturated heterocycles. The highest BCUT2D eigenvalue weighted by atomic mass is 32.2. The van der Waals surface area contributed by atoms with Crippen molar-refractivity contribution in [3.63, 3.8) is 0 Å². The van der Waals surface area contributed by atoms with E-state index in [1.807, 2.05) is 0 Å². The lowest BCUT2D eigenvalue weighted by Crippen LogP contribution is -2.44. The zero-order valence-electron chi connectivity index (χ0n) is 11.6. The molecule has 0 saturated carbocycles. The quantitative estimate of drug-likeness (QED) is 0.641. The van der Waals surface area contributed by atoms with Gasteiger partial charge in [0, 0.05) is 25.9 Å². The van der Waals surface area contributed by atoms with Gasteiger partial charge in [-0.25, -0.2) is 8.42 Å². The molecule has 0 spiro atoms. The van der Waals surface area contributed by atoms with Gasteiger partial charge in [0.05, 0.1) is 11.7 Å². The second-order valence-electron chi connectivity index (χ2n) is 5.20. The van der Waals surface area contributed by atoms with Crippen LogP contribution < -0.4 is 11.1 Å². The molecule has 0 aromatic heterocycles. The molecule has 1 fully saturated rings. The number of amides is 1. The first-order valence-corrected chi connectivity index (χ1v) is 8.86. The van der Waals surface area contributed by atoms with E-state index in [2.05, 4.69) is 10.2 Å². The summed E-state index contributed by atoms with van der Waals surface area (Å²) < 4.78 is 22.1. The Morgan fingerprint density at radius 3 is 2.84 bits per heavy atom. The van der Waals surface area contributed by atoms with Crippen LogP contribution in [0.5, 0.6) is 0 Å². The zero-order chi connectivity index (χ0) is 14.3. The van der Waals surface area contributed by atoms with Gasteiger partial charge in [0.2, 0.25) is 5.91 Å². The standard InChI is InChI=1S/C12H25N3O3S/c1-19(17,18)9-3-8-15-7-2-4-11(10-15)12(16)14-6-5-13/h11H,2-10,13H2,1H3,(H,14,16). The number of hydrogen-bond acceptors (Lipinski definition) is 5. The van der Waals surface area contributed by atoms with Gasteiger partial charge in [-0.05, 0) is 32.4 Å². The second-order valence-corrected chi connectivity index (χ2v) is 7.46. The number of nitrogens with two attached hydrogens (primary N) is 1. The first-order valence-electron chi connectivity index (χ1n) is 6.80. The predicted octanol–water partition coefficient (Wildman–Crippen LogP) is -0.792. The molecule has 1 amide bonds. The fourth-order valence-corrected chi connectivity index (χ4v) is 3.02. The minimum atomic E-state index is -2.89. The van der Waals surface area contributed by atoms with Crippen LogP contribution in [-0.2, 0) is 14.6 Å². The van der Waals surface area contributed by atoms with Crippen molar-refractivity contribution in [2.75, 3.05) is 44.7 Å². The molecule has 1 aliphatic rings. The van der Waals surface area contributed by atoms with Gasteiger partial charge in [0.25, 0.3) is 0 Å². The van der Waals surface area contributed by atoms with Crippen LogP contribution in [0.4, 0.5) is 0 Å². The van der Waals surface area contributed by atoms with Crippen LogP contribution in [0, 0.1) is 5.92 Å². The molecule has 3 N–H and O–H groups in total. The Hall–Kier alpha value is -0.660. The van der Waals surface area contributed by atoms with E-state index in [4.69, 9.17) is 5.73 Å². The largest absolute Gasteiger partial charge is 0.355 e. The first kappa shape index (κ1) is 16.4. The zero-order valence-corrected chi connectivity index (χ0v) is 12.4. The molecule has 1 rings (SSSR count). The maximum Gasteiger partial charge on any atom is 0.224 e. The molecule has 0 bridgehead atoms. The smallest absolute Gasteiger partial charge is 0.224 e. The van der Waals surface area contributed by atoms with Crippen molar-refractivity contribution < 1.29 is 13.2 Å². The van der Waals surface area contributed by atoms with E-state index in [0.717, 1.165) is 32.5 Å². The summed E-state index contributed by atoms with van der Waals surface area (Å²) in [6.07, 6.45) is 3.78. The molecule has 0 aliphatic carbocycles. The number of sulfone groups is 1. The Labute approximate surface area is 115 Å². The molecule has 1 atom stereocenters. The molecule has 0 aromatic carbocycles. The Morgan fingerprint density at radius 1 is 1.47 bits per heavy atom. The van der Waals surface area contributed by atoms with Crippen molar-refractivity contribution in [1.29, 1.82) is 0 Å². The third-order valence-corrected chi connectivity index (χ3v) is 4.34. The van der Waals surface area contributed by atoms with E-state index >= 15 is 0 Å². The third kappa shape index (κ3) is 6.89. The van der Waals surface area contributed by atoms with Gasteiger partial charge in [-0.15, -0.1) is 0 Å². The molecule has 1 aliphatic heterocycles. The van der Waals surface area contributed by atoms with Gasteiger partial charge in [0.15, 0.2) is 0 Å². The van der Waals surface area contributed by atoms with Crippen LogP contribution in [0.3, 0.4) is 0 Å². The molecule has 1 heterocycles. The van der Waals surface area contributed by atoms with Gasteiger partial charge in [-0.1, -0.05) is 0 Å². The van der Waals surface area contributed by atoms with Crippen molar-refractivity contribution in [3.05, 3.63) is 0 Å². The molecule has 19 heavy (non-hydrogen) atoms. The average molecular weight is 291 g/mol. The average Bonchev–Trinajstić information content (AvgIpc) is 2.35. The summed E-state index contributed by atoms with van der Waals surface area (Å²) in [7, 11) is -2.89. The molecular formula is C12H25N3O3S. The number of hydrogen-bond donors (Lipinski definition) is 2. The lowest BCUT2D eigenvalue weighted by atomic mass is 9.97. The van der Waals surface area contributed by atoms with Gasteiger partial charge in [-0.3, -0.25) is 4.79 Å². The highest BCUT2D eigenvalue weighted by Gasteiger charge is 2.25. The van der Waals surface area contributed by atoms with Crippen molar-refractivity contribution >= 4 is 15.7 Å². The van der Waals surface area contributed by atoms with Crippen molar-refractivity contribution in [1.82, 2.24) is 10.2 Å². The summed E-state index contributed by atoms with van der Waals surface area (Å²) in [5.74, 6) is 0.296. The SMILES string of the molecule is CS(=O)(=O)CCCN1CCCC(C(=O)NCCN)C1. The van der Waals surface area contributed by atoms with Crippen molar-refractivity contribution in [3.8, 4) is 0 Å². The highest BCUT2D eigenvalue weighted by molar-refractivity contribution is 7.90. The number of nitrogens with one attached hydrogen (secondary N) is 1. The number of likely N-dealkylation sites (tertiary alicyclic amines) is 1. The summed E-state index contributed by atoms with van der Waals surface area (Å²) in [6, 6.07) is 0. The number of carbonyl (C=O) groups excluding carboxylic acids is 1. The van der Waals surface area contributed by atoms with Gasteiger partial charge in [-0.2, -0.15) is 0 Å². The third-order valence-electron chi connectivity index (χ3n) is 3.31. The summed E-state index contributed by atoms with van der Waals surface area (Å²) >= 11 is 0. The van der Waals surface area contributed by atoms with Crippen LogP contribution in [0.2, 0.25) is 0 Å². The summed E-state index contributed by atoms with van der Waals surface area (Å²) in [5.41, 5.74) is 5.36. The highest BCUT2D eigenvalue weighted by Crippen LogP contribution is 2.16. The second kappa shape index (κ2) is 7.81. The Kier molecular flexibility index (Phi) is 6.74. The van der Waals surface area contributed by atoms with Crippen molar-refractivity contribution in [2.45, 2.75) is 19.3 Å². The van der Waals surface area contributed by atoms with E-state index in [-0.39, 0.29) is 17.6 Å². The van der Waals surface area contributed by atoms with Gasteiger partial charge >= 0.3 is 0 Å². The Morgan fingerprint density at radius 2 is 2.21 bits per heavy atom. The number of piperidine rings is 1. The predicted molar refractivity (Wildman–Crippen MR) is 75.6 cm³/mol. The normalized spacial score (nSPS) is 21.3. The molecule has 0 radical (unpaired) electrons. The fourth-order valence-electron chi connectivity index (χ4n) is 2.36. The lowest BCUT2D eigenvalue weighted by molar-refractivity contribution is -0.126. The van der Waals surface area contributed by atoms with Gasteiger partial charge in [0.1, 0.15) is 9.84 Å². The molecule has 112 valence electrons. The maximum atomic E-state index is 11.8. The molecule has 7 heteroatoms. The maximum absolute atomic E-state index is 11.8. The topological polar surface area (TPSA) is 92.5 Å². The lowest BCUT2D eigenvalue weighted by Gasteiger charge is -2.31. The van der Waals surface area contributed by atoms with Crippen LogP contribution >= 0.6 is 0 Å². The summed E-state index contributed by atoms with van der Waals surface area (Å²) in [4.78, 5) is 14.0. The van der Waals surface area contributed by atoms with Gasteiger partial charge < -0.3 is 16.0 Å². The number of nitrogens with zero attached hydrogens (tertiary/aromatic N) is 1. The minimum absolute atomic E-state index is 0.0125. The van der Waals surface area contributed by atoms with E-state index in [1.165, 1.54) is 6.26 Å². The van der Waals surface area contributed by atoms with Crippen LogP contribution in [0.15, 0.2) is 0 Å². The van der Waals surface area contributed by atoms with Crippen LogP contribution in [0.1, 0.15) is 19.3 Å². The fraction of sp³-hybridized carbons (Fsp3) is 0.917. The Bertz CT molecular complexity index is 384. The van der Waals surface area contributed by atoms with E-state index < -0.39 is 9.84 Å². The van der Waals surface area contributed by atoms with E-state index in [9.17, 15) is 13.2 Å². The molecule has 0 aromatic rings. The monoisotopic (exact) mass is 291 g/mol. The number of rotatable bonds is 7. The summed E-state index contributed by atoms with van der Waals surface area (Å²) in [5, 5.41) is 2.82. The summed E-state index contributed by atoms with van der Waals surface area (Å²) in [6.45, 7) is 3.39. The van der Waals surface area contributed by atoms with Crippen molar-refractivity contribution in [2.24, 2.45) is 11.7 Å². The Balaban J connectivity index is 2.31. The minimum Gasteiger partial charge on any atom is -0.355 e. The molecular weight excluding hydrogens is 266 g/mol.